The van der Waals surface area contributed by atoms with Crippen LogP contribution in [0.15, 0.2) is 36.8 Å². The highest BCUT2D eigenvalue weighted by Gasteiger charge is 2.16. The highest BCUT2D eigenvalue weighted by molar-refractivity contribution is 5.90. The van der Waals surface area contributed by atoms with Gasteiger partial charge in [-0.3, -0.25) is 10.1 Å². The molecule has 0 amide bonds. The van der Waals surface area contributed by atoms with Crippen LogP contribution in [0.25, 0.3) is 16.6 Å². The second-order valence-electron chi connectivity index (χ2n) is 4.46. The smallest absolute Gasteiger partial charge is 0.269 e. The van der Waals surface area contributed by atoms with Crippen molar-refractivity contribution in [2.75, 3.05) is 5.73 Å². The summed E-state index contributed by atoms with van der Waals surface area (Å²) in [4.78, 5) is 10.2. The van der Waals surface area contributed by atoms with Crippen LogP contribution < -0.4 is 5.73 Å². The van der Waals surface area contributed by atoms with Gasteiger partial charge in [-0.15, -0.1) is 10.2 Å². The Morgan fingerprint density at radius 3 is 2.67 bits per heavy atom. The number of non-ortho nitro benzene ring substituents is 1. The Kier molecular flexibility index (Phi) is 2.99. The normalized spacial score (nSPS) is 10.9. The van der Waals surface area contributed by atoms with Crippen molar-refractivity contribution in [3.8, 4) is 11.1 Å². The number of rotatable bonds is 3. The molecule has 3 N–H and O–H groups in total. The monoisotopic (exact) mass is 285 g/mol. The molecule has 106 valence electrons. The number of nitrogen functional groups attached to an aromatic ring is 1. The Balaban J connectivity index is 2.25. The molecule has 3 rings (SSSR count). The summed E-state index contributed by atoms with van der Waals surface area (Å²) in [6, 6.07) is 6.05. The maximum absolute atomic E-state index is 10.7. The molecule has 0 bridgehead atoms. The minimum absolute atomic E-state index is 0.000534. The number of hydrogen-bond acceptors (Lipinski definition) is 6. The van der Waals surface area contributed by atoms with Crippen LogP contribution >= 0.6 is 0 Å². The number of nitro groups is 1. The third-order valence-corrected chi connectivity index (χ3v) is 3.23. The third-order valence-electron chi connectivity index (χ3n) is 3.23. The van der Waals surface area contributed by atoms with Gasteiger partial charge in [-0.25, -0.2) is 0 Å². The van der Waals surface area contributed by atoms with Crippen molar-refractivity contribution >= 4 is 17.0 Å². The Bertz CT molecular complexity index is 826. The van der Waals surface area contributed by atoms with E-state index < -0.39 is 4.92 Å². The fourth-order valence-corrected chi connectivity index (χ4v) is 2.31. The Labute approximate surface area is 118 Å². The van der Waals surface area contributed by atoms with Gasteiger partial charge in [-0.2, -0.15) is 0 Å². The van der Waals surface area contributed by atoms with Gasteiger partial charge < -0.3 is 15.2 Å². The number of nitro benzene ring substituents is 1. The molecule has 2 heterocycles. The van der Waals surface area contributed by atoms with Gasteiger partial charge in [0, 0.05) is 29.5 Å². The number of aliphatic hydroxyl groups excluding tert-OH is 1. The van der Waals surface area contributed by atoms with E-state index in [-0.39, 0.29) is 18.1 Å². The topological polar surface area (TPSA) is 120 Å². The zero-order chi connectivity index (χ0) is 15.0. The lowest BCUT2D eigenvalue weighted by atomic mass is 10.0. The molecule has 0 atom stereocenters. The first-order valence-corrected chi connectivity index (χ1v) is 6.08. The molecule has 3 aromatic rings. The van der Waals surface area contributed by atoms with Gasteiger partial charge >= 0.3 is 0 Å². The van der Waals surface area contributed by atoms with E-state index in [2.05, 4.69) is 10.2 Å². The minimum Gasteiger partial charge on any atom is -0.392 e. The fraction of sp³-hybridized carbons (Fsp3) is 0.0769. The molecule has 2 aromatic heterocycles. The first-order valence-electron chi connectivity index (χ1n) is 6.08. The quantitative estimate of drug-likeness (QED) is 0.554. The van der Waals surface area contributed by atoms with Gasteiger partial charge in [0.15, 0.2) is 5.82 Å². The van der Waals surface area contributed by atoms with E-state index in [0.29, 0.717) is 22.2 Å². The zero-order valence-corrected chi connectivity index (χ0v) is 10.8. The molecule has 0 aliphatic heterocycles. The molecule has 0 aliphatic carbocycles. The van der Waals surface area contributed by atoms with Gasteiger partial charge in [-0.05, 0) is 17.7 Å². The van der Waals surface area contributed by atoms with E-state index in [9.17, 15) is 15.2 Å². The van der Waals surface area contributed by atoms with Crippen molar-refractivity contribution in [2.24, 2.45) is 0 Å². The second-order valence-corrected chi connectivity index (χ2v) is 4.46. The number of anilines is 1. The fourth-order valence-electron chi connectivity index (χ4n) is 2.31. The number of nitrogens with zero attached hydrogens (tertiary/aromatic N) is 4. The van der Waals surface area contributed by atoms with E-state index in [4.69, 9.17) is 5.73 Å². The molecule has 0 saturated carbocycles. The molecule has 0 aliphatic rings. The largest absolute Gasteiger partial charge is 0.392 e. The number of aliphatic hydroxyl groups is 1. The Morgan fingerprint density at radius 2 is 2.05 bits per heavy atom. The van der Waals surface area contributed by atoms with Crippen LogP contribution in [0.1, 0.15) is 5.56 Å². The van der Waals surface area contributed by atoms with Crippen LogP contribution in [0.4, 0.5) is 11.5 Å². The van der Waals surface area contributed by atoms with Crippen LogP contribution in [-0.2, 0) is 6.61 Å². The average molecular weight is 285 g/mol. The third kappa shape index (κ3) is 2.07. The van der Waals surface area contributed by atoms with Gasteiger partial charge in [0.2, 0.25) is 0 Å². The van der Waals surface area contributed by atoms with Gasteiger partial charge in [0.1, 0.15) is 6.33 Å². The summed E-state index contributed by atoms with van der Waals surface area (Å²) in [6.07, 6.45) is 3.19. The number of hydrogen-bond donors (Lipinski definition) is 2. The average Bonchev–Trinajstić information content (AvgIpc) is 2.87. The lowest BCUT2D eigenvalue weighted by Gasteiger charge is -2.04. The van der Waals surface area contributed by atoms with Crippen molar-refractivity contribution in [2.45, 2.75) is 6.61 Å². The van der Waals surface area contributed by atoms with Crippen molar-refractivity contribution in [1.29, 1.82) is 0 Å². The number of nitrogens with two attached hydrogens (primary N) is 1. The predicted molar refractivity (Wildman–Crippen MR) is 75.4 cm³/mol. The highest BCUT2D eigenvalue weighted by Crippen LogP contribution is 2.33. The van der Waals surface area contributed by atoms with Crippen molar-refractivity contribution < 1.29 is 10.0 Å². The van der Waals surface area contributed by atoms with E-state index in [1.54, 1.807) is 22.7 Å². The molecule has 21 heavy (non-hydrogen) atoms. The van der Waals surface area contributed by atoms with Crippen LogP contribution in [0, 0.1) is 10.1 Å². The highest BCUT2D eigenvalue weighted by atomic mass is 16.6. The zero-order valence-electron chi connectivity index (χ0n) is 10.8. The van der Waals surface area contributed by atoms with Crippen molar-refractivity contribution in [3.05, 3.63) is 52.5 Å². The SMILES string of the molecule is Nc1nncn2cc(CO)c(-c3ccc([N+](=O)[O-])cc3)c12. The van der Waals surface area contributed by atoms with E-state index >= 15 is 0 Å². The molecular weight excluding hydrogens is 274 g/mol. The second kappa shape index (κ2) is 4.84. The molecule has 0 unspecified atom stereocenters. The first-order chi connectivity index (χ1) is 10.1. The summed E-state index contributed by atoms with van der Waals surface area (Å²) in [5.41, 5.74) is 8.52. The van der Waals surface area contributed by atoms with E-state index in [0.717, 1.165) is 0 Å². The van der Waals surface area contributed by atoms with Crippen molar-refractivity contribution in [1.82, 2.24) is 14.6 Å². The van der Waals surface area contributed by atoms with Crippen LogP contribution in [0.5, 0.6) is 0 Å². The van der Waals surface area contributed by atoms with E-state index in [1.165, 1.54) is 18.5 Å². The number of fused-ring (bicyclic) bond motifs is 1. The maximum atomic E-state index is 10.7. The molecule has 0 saturated heterocycles. The number of benzene rings is 1. The van der Waals surface area contributed by atoms with Crippen LogP contribution in [0.3, 0.4) is 0 Å². The van der Waals surface area contributed by atoms with Gasteiger partial charge in [-0.1, -0.05) is 0 Å². The van der Waals surface area contributed by atoms with Gasteiger partial charge in [0.25, 0.3) is 5.69 Å². The lowest BCUT2D eigenvalue weighted by molar-refractivity contribution is -0.384. The van der Waals surface area contributed by atoms with Crippen LogP contribution in [0.2, 0.25) is 0 Å². The Morgan fingerprint density at radius 1 is 1.33 bits per heavy atom. The molecule has 0 fully saturated rings. The summed E-state index contributed by atoms with van der Waals surface area (Å²) in [5, 5.41) is 27.8. The lowest BCUT2D eigenvalue weighted by Crippen LogP contribution is -1.98. The molecule has 8 heteroatoms. The Hall–Kier alpha value is -3.00. The van der Waals surface area contributed by atoms with Crippen molar-refractivity contribution in [3.63, 3.8) is 0 Å². The molecule has 0 spiro atoms. The maximum Gasteiger partial charge on any atom is 0.269 e. The molecule has 1 aromatic carbocycles. The summed E-state index contributed by atoms with van der Waals surface area (Å²) in [5.74, 6) is 0.227. The molecule has 0 radical (unpaired) electrons. The molecular formula is C13H11N5O3. The van der Waals surface area contributed by atoms with E-state index in [1.807, 2.05) is 0 Å². The number of aromatic nitrogens is 3. The minimum atomic E-state index is -0.464. The summed E-state index contributed by atoms with van der Waals surface area (Å²) >= 11 is 0. The first kappa shape index (κ1) is 13.0. The standard InChI is InChI=1S/C13H11N5O3/c14-13-12-11(8-1-3-10(4-2-8)18(20)21)9(6-19)5-17(12)7-15-16-13/h1-5,7,19H,6H2,(H2,14,16). The van der Waals surface area contributed by atoms with Gasteiger partial charge in [0.05, 0.1) is 17.0 Å². The summed E-state index contributed by atoms with van der Waals surface area (Å²) < 4.78 is 1.67. The molecule has 8 nitrogen and oxygen atoms in total. The summed E-state index contributed by atoms with van der Waals surface area (Å²) in [7, 11) is 0. The summed E-state index contributed by atoms with van der Waals surface area (Å²) in [6.45, 7) is -0.187. The predicted octanol–water partition coefficient (Wildman–Crippen LogP) is 1.38. The van der Waals surface area contributed by atoms with Crippen LogP contribution in [-0.4, -0.2) is 24.6 Å².